The van der Waals surface area contributed by atoms with Crippen LogP contribution in [0.15, 0.2) is 9.98 Å². The van der Waals surface area contributed by atoms with E-state index in [0.29, 0.717) is 25.8 Å². The molecule has 0 rings (SSSR count). The van der Waals surface area contributed by atoms with Crippen molar-refractivity contribution in [3.8, 4) is 0 Å². The van der Waals surface area contributed by atoms with Crippen molar-refractivity contribution in [1.29, 1.82) is 0 Å². The number of carbonyl (C=O) groups is 4. The van der Waals surface area contributed by atoms with Gasteiger partial charge in [0.05, 0.1) is 6.04 Å². The maximum Gasteiger partial charge on any atom is 0.326 e. The molecule has 0 fully saturated rings. The highest BCUT2D eigenvalue weighted by Crippen LogP contribution is 2.08. The second-order valence-electron chi connectivity index (χ2n) is 8.51. The minimum atomic E-state index is -1.17. The summed E-state index contributed by atoms with van der Waals surface area (Å²) in [5.74, 6) is -3.54. The summed E-state index contributed by atoms with van der Waals surface area (Å²) in [6.45, 7) is 5.44. The van der Waals surface area contributed by atoms with Crippen LogP contribution in [0.1, 0.15) is 52.9 Å². The summed E-state index contributed by atoms with van der Waals surface area (Å²) < 4.78 is 0. The maximum atomic E-state index is 12.9. The second kappa shape index (κ2) is 16.9. The van der Waals surface area contributed by atoms with Gasteiger partial charge >= 0.3 is 5.97 Å². The molecule has 0 bridgehead atoms. The zero-order valence-electron chi connectivity index (χ0n) is 21.2. The van der Waals surface area contributed by atoms with E-state index in [1.54, 1.807) is 13.8 Å². The van der Waals surface area contributed by atoms with Gasteiger partial charge in [0, 0.05) is 13.1 Å². The molecule has 36 heavy (non-hydrogen) atoms. The van der Waals surface area contributed by atoms with E-state index in [1.807, 2.05) is 0 Å². The number of hydrogen-bond acceptors (Lipinski definition) is 7. The van der Waals surface area contributed by atoms with Crippen LogP contribution in [-0.4, -0.2) is 78.0 Å². The summed E-state index contributed by atoms with van der Waals surface area (Å²) in [5, 5.41) is 16.9. The predicted molar refractivity (Wildman–Crippen MR) is 136 cm³/mol. The highest BCUT2D eigenvalue weighted by molar-refractivity contribution is 5.93. The molecule has 5 unspecified atom stereocenters. The van der Waals surface area contributed by atoms with E-state index in [2.05, 4.69) is 25.9 Å². The number of amides is 3. The Balaban J connectivity index is 5.21. The summed E-state index contributed by atoms with van der Waals surface area (Å²) in [5.41, 5.74) is 27.1. The molecule has 15 heteroatoms. The van der Waals surface area contributed by atoms with Crippen molar-refractivity contribution < 1.29 is 24.3 Å². The van der Waals surface area contributed by atoms with Gasteiger partial charge in [-0.15, -0.1) is 0 Å². The molecule has 0 aromatic carbocycles. The molecule has 0 aliphatic rings. The topological polar surface area (TPSA) is 279 Å². The molecule has 14 N–H and O–H groups in total. The number of nitrogens with zero attached hydrogens (tertiary/aromatic N) is 2. The van der Waals surface area contributed by atoms with E-state index in [-0.39, 0.29) is 37.2 Å². The van der Waals surface area contributed by atoms with Gasteiger partial charge < -0.3 is 49.7 Å². The van der Waals surface area contributed by atoms with E-state index in [4.69, 9.17) is 28.7 Å². The summed E-state index contributed by atoms with van der Waals surface area (Å²) in [4.78, 5) is 57.1. The molecule has 0 aliphatic heterocycles. The van der Waals surface area contributed by atoms with Crippen LogP contribution in [0.3, 0.4) is 0 Å². The number of nitrogens with one attached hydrogen (secondary N) is 3. The minimum absolute atomic E-state index is 0.0671. The summed E-state index contributed by atoms with van der Waals surface area (Å²) in [7, 11) is 0. The van der Waals surface area contributed by atoms with Crippen LogP contribution in [0.25, 0.3) is 0 Å². The van der Waals surface area contributed by atoms with Gasteiger partial charge in [-0.2, -0.15) is 0 Å². The molecular weight excluding hydrogens is 472 g/mol. The Kier molecular flexibility index (Phi) is 15.2. The molecule has 0 aliphatic carbocycles. The molecule has 206 valence electrons. The fraction of sp³-hybridized carbons (Fsp3) is 0.714. The van der Waals surface area contributed by atoms with Crippen LogP contribution in [0.2, 0.25) is 0 Å². The zero-order chi connectivity index (χ0) is 27.8. The number of hydrogen-bond donors (Lipinski definition) is 9. The lowest BCUT2D eigenvalue weighted by Crippen LogP contribution is -2.57. The molecule has 0 saturated heterocycles. The molecule has 5 atom stereocenters. The van der Waals surface area contributed by atoms with Crippen LogP contribution >= 0.6 is 0 Å². The molecule has 0 aromatic heterocycles. The van der Waals surface area contributed by atoms with E-state index < -0.39 is 47.9 Å². The molecule has 15 nitrogen and oxygen atoms in total. The Hall–Kier alpha value is -3.62. The van der Waals surface area contributed by atoms with Gasteiger partial charge in [0.1, 0.15) is 18.1 Å². The first-order valence-electron chi connectivity index (χ1n) is 11.8. The Morgan fingerprint density at radius 3 is 1.81 bits per heavy atom. The number of aliphatic imine (C=N–C) groups is 2. The summed E-state index contributed by atoms with van der Waals surface area (Å²) in [6, 6.07) is -4.11. The van der Waals surface area contributed by atoms with Crippen LogP contribution in [0, 0.1) is 5.92 Å². The smallest absolute Gasteiger partial charge is 0.326 e. The van der Waals surface area contributed by atoms with Crippen LogP contribution < -0.4 is 44.6 Å². The third-order valence-corrected chi connectivity index (χ3v) is 5.41. The average molecular weight is 515 g/mol. The lowest BCUT2D eigenvalue weighted by Gasteiger charge is -2.25. The second-order valence-corrected chi connectivity index (χ2v) is 8.51. The first-order chi connectivity index (χ1) is 16.8. The first kappa shape index (κ1) is 32.4. The van der Waals surface area contributed by atoms with Gasteiger partial charge in [-0.05, 0) is 38.5 Å². The number of aliphatic carboxylic acids is 1. The third-order valence-electron chi connectivity index (χ3n) is 5.41. The van der Waals surface area contributed by atoms with Crippen molar-refractivity contribution in [2.75, 3.05) is 13.1 Å². The third kappa shape index (κ3) is 13.3. The van der Waals surface area contributed by atoms with Gasteiger partial charge in [0.25, 0.3) is 0 Å². The Morgan fingerprint density at radius 2 is 1.33 bits per heavy atom. The number of carboxylic acid groups (broad SMARTS) is 1. The molecule has 0 radical (unpaired) electrons. The van der Waals surface area contributed by atoms with Crippen LogP contribution in [-0.2, 0) is 19.2 Å². The van der Waals surface area contributed by atoms with Crippen molar-refractivity contribution >= 4 is 35.6 Å². The highest BCUT2D eigenvalue weighted by Gasteiger charge is 2.30. The van der Waals surface area contributed by atoms with E-state index >= 15 is 0 Å². The van der Waals surface area contributed by atoms with Crippen molar-refractivity contribution in [2.24, 2.45) is 44.6 Å². The molecule has 0 saturated carbocycles. The molecule has 3 amide bonds. The zero-order valence-corrected chi connectivity index (χ0v) is 21.2. The summed E-state index contributed by atoms with van der Waals surface area (Å²) in [6.07, 6.45) is 1.77. The molecule has 0 heterocycles. The van der Waals surface area contributed by atoms with E-state index in [9.17, 15) is 24.3 Å². The van der Waals surface area contributed by atoms with E-state index in [1.165, 1.54) is 6.92 Å². The Morgan fingerprint density at radius 1 is 0.806 bits per heavy atom. The van der Waals surface area contributed by atoms with Gasteiger partial charge in [-0.25, -0.2) is 4.79 Å². The van der Waals surface area contributed by atoms with Crippen LogP contribution in [0.5, 0.6) is 0 Å². The maximum absolute atomic E-state index is 12.9. The standard InChI is InChI=1S/C21H42N10O5/c1-4-11(2)15(19(35)36)31-16(32)12(3)29-18(34)14(8-6-10-28-21(25)26)30-17(33)13(22)7-5-9-27-20(23)24/h11-15H,4-10,22H2,1-3H3,(H,29,34)(H,30,33)(H,31,32)(H,35,36)(H4,23,24,27)(H4,25,26,28). The predicted octanol–water partition coefficient (Wildman–Crippen LogP) is -2.97. The van der Waals surface area contributed by atoms with Crippen molar-refractivity contribution in [2.45, 2.75) is 77.0 Å². The van der Waals surface area contributed by atoms with Crippen molar-refractivity contribution in [3.63, 3.8) is 0 Å². The molecule has 0 spiro atoms. The normalized spacial score (nSPS) is 14.8. The SMILES string of the molecule is CCC(C)C(NC(=O)C(C)NC(=O)C(CCCN=C(N)N)NC(=O)C(N)CCCN=C(N)N)C(=O)O. The van der Waals surface area contributed by atoms with Crippen molar-refractivity contribution in [3.05, 3.63) is 0 Å². The van der Waals surface area contributed by atoms with Gasteiger partial charge in [-0.1, -0.05) is 20.3 Å². The Labute approximate surface area is 211 Å². The minimum Gasteiger partial charge on any atom is -0.480 e. The molecular formula is C21H42N10O5. The fourth-order valence-electron chi connectivity index (χ4n) is 3.04. The summed E-state index contributed by atoms with van der Waals surface area (Å²) >= 11 is 0. The monoisotopic (exact) mass is 514 g/mol. The first-order valence-corrected chi connectivity index (χ1v) is 11.8. The Bertz CT molecular complexity index is 796. The molecule has 0 aromatic rings. The highest BCUT2D eigenvalue weighted by atomic mass is 16.4. The van der Waals surface area contributed by atoms with Gasteiger partial charge in [0.2, 0.25) is 17.7 Å². The fourth-order valence-corrected chi connectivity index (χ4v) is 3.04. The number of carboxylic acids is 1. The lowest BCUT2D eigenvalue weighted by atomic mass is 9.99. The largest absolute Gasteiger partial charge is 0.480 e. The van der Waals surface area contributed by atoms with E-state index in [0.717, 1.165) is 0 Å². The number of carbonyl (C=O) groups excluding carboxylic acids is 3. The van der Waals surface area contributed by atoms with Crippen molar-refractivity contribution in [1.82, 2.24) is 16.0 Å². The van der Waals surface area contributed by atoms with Gasteiger partial charge in [-0.3, -0.25) is 24.4 Å². The quantitative estimate of drug-likeness (QED) is 0.0539. The van der Waals surface area contributed by atoms with Crippen LogP contribution in [0.4, 0.5) is 0 Å². The number of nitrogens with two attached hydrogens (primary N) is 5. The number of guanidine groups is 2. The lowest BCUT2D eigenvalue weighted by molar-refractivity contribution is -0.143. The number of rotatable bonds is 17. The van der Waals surface area contributed by atoms with Gasteiger partial charge in [0.15, 0.2) is 11.9 Å². The average Bonchev–Trinajstić information content (AvgIpc) is 2.80.